The summed E-state index contributed by atoms with van der Waals surface area (Å²) >= 11 is 0. The largest absolute Gasteiger partial charge is 0.491 e. The predicted molar refractivity (Wildman–Crippen MR) is 115 cm³/mol. The first-order valence-electron chi connectivity index (χ1n) is 9.75. The molecule has 0 atom stereocenters. The molecule has 3 rings (SSSR count). The van der Waals surface area contributed by atoms with Crippen LogP contribution in [0.5, 0.6) is 5.75 Å². The van der Waals surface area contributed by atoms with Crippen molar-refractivity contribution in [3.8, 4) is 5.75 Å². The van der Waals surface area contributed by atoms with E-state index in [0.717, 1.165) is 27.0 Å². The maximum atomic E-state index is 12.6. The van der Waals surface area contributed by atoms with Gasteiger partial charge in [-0.05, 0) is 30.5 Å². The Kier molecular flexibility index (Phi) is 6.85. The Bertz CT molecular complexity index is 1110. The minimum Gasteiger partial charge on any atom is -0.491 e. The summed E-state index contributed by atoms with van der Waals surface area (Å²) in [7, 11) is 0. The Hall–Kier alpha value is -3.61. The molecule has 0 saturated carbocycles. The van der Waals surface area contributed by atoms with Crippen LogP contribution in [0, 0.1) is 13.8 Å². The van der Waals surface area contributed by atoms with Gasteiger partial charge in [0.05, 0.1) is 13.1 Å². The van der Waals surface area contributed by atoms with Crippen molar-refractivity contribution in [2.45, 2.75) is 26.9 Å². The number of amides is 1. The summed E-state index contributed by atoms with van der Waals surface area (Å²) in [6.07, 6.45) is 1.45. The van der Waals surface area contributed by atoms with Gasteiger partial charge in [0.15, 0.2) is 0 Å². The fraction of sp³-hybridized carbons (Fsp3) is 0.261. The molecule has 7 heteroatoms. The number of para-hydroxylation sites is 1. The second kappa shape index (κ2) is 9.73. The van der Waals surface area contributed by atoms with Gasteiger partial charge in [0.25, 0.3) is 5.56 Å². The zero-order valence-corrected chi connectivity index (χ0v) is 17.1. The van der Waals surface area contributed by atoms with E-state index >= 15 is 0 Å². The van der Waals surface area contributed by atoms with E-state index in [0.29, 0.717) is 13.2 Å². The van der Waals surface area contributed by atoms with Gasteiger partial charge in [-0.15, -0.1) is 0 Å². The molecule has 1 N–H and O–H groups in total. The number of rotatable bonds is 8. The molecule has 7 nitrogen and oxygen atoms in total. The summed E-state index contributed by atoms with van der Waals surface area (Å²) in [5, 5.41) is 2.69. The highest BCUT2D eigenvalue weighted by molar-refractivity contribution is 5.75. The van der Waals surface area contributed by atoms with Crippen molar-refractivity contribution < 1.29 is 9.53 Å². The van der Waals surface area contributed by atoms with Crippen LogP contribution in [0.15, 0.2) is 70.4 Å². The lowest BCUT2D eigenvalue weighted by Crippen LogP contribution is -2.43. The molecule has 1 heterocycles. The molecular formula is C23H25N3O4. The average Bonchev–Trinajstić information content (AvgIpc) is 2.73. The first-order valence-corrected chi connectivity index (χ1v) is 9.75. The Morgan fingerprint density at radius 1 is 0.967 bits per heavy atom. The van der Waals surface area contributed by atoms with Crippen molar-refractivity contribution in [1.82, 2.24) is 14.5 Å². The van der Waals surface area contributed by atoms with Crippen molar-refractivity contribution in [3.63, 3.8) is 0 Å². The van der Waals surface area contributed by atoms with Crippen molar-refractivity contribution in [3.05, 3.63) is 98.3 Å². The summed E-state index contributed by atoms with van der Waals surface area (Å²) in [6, 6.07) is 16.6. The Morgan fingerprint density at radius 2 is 1.67 bits per heavy atom. The molecule has 0 spiro atoms. The zero-order chi connectivity index (χ0) is 21.5. The summed E-state index contributed by atoms with van der Waals surface area (Å²) < 4.78 is 8.10. The van der Waals surface area contributed by atoms with Gasteiger partial charge >= 0.3 is 5.69 Å². The summed E-state index contributed by atoms with van der Waals surface area (Å²) in [5.74, 6) is 0.381. The number of aromatic nitrogens is 2. The van der Waals surface area contributed by atoms with Gasteiger partial charge in [-0.25, -0.2) is 4.79 Å². The topological polar surface area (TPSA) is 82.3 Å². The predicted octanol–water partition coefficient (Wildman–Crippen LogP) is 1.87. The van der Waals surface area contributed by atoms with Gasteiger partial charge in [0, 0.05) is 12.3 Å². The van der Waals surface area contributed by atoms with E-state index in [1.807, 2.05) is 62.4 Å². The van der Waals surface area contributed by atoms with Crippen molar-refractivity contribution in [1.29, 1.82) is 0 Å². The van der Waals surface area contributed by atoms with Crippen LogP contribution >= 0.6 is 0 Å². The maximum absolute atomic E-state index is 12.6. The second-order valence-electron chi connectivity index (χ2n) is 7.06. The Balaban J connectivity index is 1.59. The molecular weight excluding hydrogens is 382 g/mol. The number of nitrogens with one attached hydrogen (secondary N) is 1. The molecule has 30 heavy (non-hydrogen) atoms. The fourth-order valence-corrected chi connectivity index (χ4v) is 3.17. The molecule has 1 amide bonds. The standard InChI is InChI=1S/C23H25N3O4/c1-17-7-6-8-18(2)22(17)30-14-12-24-20(27)16-26-21(28)11-13-25(23(26)29)15-19-9-4-3-5-10-19/h3-11,13H,12,14-16H2,1-2H3,(H,24,27). The van der Waals surface area contributed by atoms with Crippen molar-refractivity contribution >= 4 is 5.91 Å². The highest BCUT2D eigenvalue weighted by Gasteiger charge is 2.10. The molecule has 2 aromatic carbocycles. The van der Waals surface area contributed by atoms with Gasteiger partial charge < -0.3 is 10.1 Å². The van der Waals surface area contributed by atoms with Crippen LogP contribution in [0.2, 0.25) is 0 Å². The lowest BCUT2D eigenvalue weighted by atomic mass is 10.1. The van der Waals surface area contributed by atoms with Gasteiger partial charge in [0.1, 0.15) is 18.9 Å². The number of nitrogens with zero attached hydrogens (tertiary/aromatic N) is 2. The lowest BCUT2D eigenvalue weighted by molar-refractivity contribution is -0.121. The molecule has 0 aliphatic rings. The minimum atomic E-state index is -0.520. The third-order valence-corrected chi connectivity index (χ3v) is 4.72. The summed E-state index contributed by atoms with van der Waals surface area (Å²) in [4.78, 5) is 37.0. The highest BCUT2D eigenvalue weighted by atomic mass is 16.5. The van der Waals surface area contributed by atoms with E-state index in [9.17, 15) is 14.4 Å². The van der Waals surface area contributed by atoms with Crippen LogP contribution in [-0.2, 0) is 17.9 Å². The SMILES string of the molecule is Cc1cccc(C)c1OCCNC(=O)Cn1c(=O)ccn(Cc2ccccc2)c1=O. The number of carbonyl (C=O) groups is 1. The van der Waals surface area contributed by atoms with Gasteiger partial charge in [-0.3, -0.25) is 18.7 Å². The highest BCUT2D eigenvalue weighted by Crippen LogP contribution is 2.21. The van der Waals surface area contributed by atoms with E-state index in [4.69, 9.17) is 4.74 Å². The van der Waals surface area contributed by atoms with Gasteiger partial charge in [-0.2, -0.15) is 0 Å². The minimum absolute atomic E-state index is 0.270. The van der Waals surface area contributed by atoms with Crippen LogP contribution in [0.3, 0.4) is 0 Å². The molecule has 0 unspecified atom stereocenters. The fourth-order valence-electron chi connectivity index (χ4n) is 3.17. The van der Waals surface area contributed by atoms with E-state index < -0.39 is 17.2 Å². The molecule has 0 aliphatic carbocycles. The van der Waals surface area contributed by atoms with E-state index in [-0.39, 0.29) is 13.1 Å². The smallest absolute Gasteiger partial charge is 0.331 e. The Morgan fingerprint density at radius 3 is 2.37 bits per heavy atom. The molecule has 3 aromatic rings. The van der Waals surface area contributed by atoms with Crippen LogP contribution in [-0.4, -0.2) is 28.2 Å². The molecule has 1 aromatic heterocycles. The summed E-state index contributed by atoms with van der Waals surface area (Å²) in [6.45, 7) is 4.47. The van der Waals surface area contributed by atoms with Crippen LogP contribution in [0.1, 0.15) is 16.7 Å². The Labute approximate surface area is 174 Å². The third kappa shape index (κ3) is 5.26. The zero-order valence-electron chi connectivity index (χ0n) is 17.1. The first kappa shape index (κ1) is 21.1. The normalized spacial score (nSPS) is 10.6. The molecule has 0 radical (unpaired) electrons. The second-order valence-corrected chi connectivity index (χ2v) is 7.06. The van der Waals surface area contributed by atoms with Crippen LogP contribution in [0.25, 0.3) is 0 Å². The van der Waals surface area contributed by atoms with E-state index in [2.05, 4.69) is 5.32 Å². The summed E-state index contributed by atoms with van der Waals surface area (Å²) in [5.41, 5.74) is 1.95. The van der Waals surface area contributed by atoms with Crippen molar-refractivity contribution in [2.75, 3.05) is 13.2 Å². The monoisotopic (exact) mass is 407 g/mol. The number of aryl methyl sites for hydroxylation is 2. The number of carbonyl (C=O) groups excluding carboxylic acids is 1. The first-order chi connectivity index (χ1) is 14.5. The number of hydrogen-bond acceptors (Lipinski definition) is 4. The average molecular weight is 407 g/mol. The van der Waals surface area contributed by atoms with Gasteiger partial charge in [-0.1, -0.05) is 48.5 Å². The van der Waals surface area contributed by atoms with E-state index in [1.165, 1.54) is 16.8 Å². The van der Waals surface area contributed by atoms with Crippen LogP contribution in [0.4, 0.5) is 0 Å². The molecule has 0 bridgehead atoms. The van der Waals surface area contributed by atoms with Crippen molar-refractivity contribution in [2.24, 2.45) is 0 Å². The maximum Gasteiger partial charge on any atom is 0.331 e. The van der Waals surface area contributed by atoms with Gasteiger partial charge in [0.2, 0.25) is 5.91 Å². The van der Waals surface area contributed by atoms with E-state index in [1.54, 1.807) is 0 Å². The molecule has 0 saturated heterocycles. The molecule has 0 fully saturated rings. The number of hydrogen-bond donors (Lipinski definition) is 1. The number of ether oxygens (including phenoxy) is 1. The van der Waals surface area contributed by atoms with Crippen LogP contribution < -0.4 is 21.3 Å². The third-order valence-electron chi connectivity index (χ3n) is 4.72. The number of benzene rings is 2. The quantitative estimate of drug-likeness (QED) is 0.578. The molecule has 0 aliphatic heterocycles. The molecule has 156 valence electrons. The lowest BCUT2D eigenvalue weighted by Gasteiger charge is -2.13.